The van der Waals surface area contributed by atoms with Crippen LogP contribution < -0.4 is 0 Å². The van der Waals surface area contributed by atoms with Gasteiger partial charge in [-0.3, -0.25) is 19.9 Å². The molecular formula is C16H25N3O4. The second-order valence-electron chi connectivity index (χ2n) is 6.01. The van der Waals surface area contributed by atoms with Gasteiger partial charge in [-0.1, -0.05) is 12.1 Å². The minimum atomic E-state index is -0.710. The molecule has 0 spiro atoms. The lowest BCUT2D eigenvalue weighted by Gasteiger charge is -2.38. The van der Waals surface area contributed by atoms with Crippen molar-refractivity contribution in [3.05, 3.63) is 39.9 Å². The Labute approximate surface area is 136 Å². The first-order valence-corrected chi connectivity index (χ1v) is 7.89. The van der Waals surface area contributed by atoms with E-state index in [9.17, 15) is 15.2 Å². The van der Waals surface area contributed by atoms with Crippen LogP contribution in [0.2, 0.25) is 0 Å². The number of aliphatic hydroxyl groups is 1. The van der Waals surface area contributed by atoms with Crippen LogP contribution >= 0.6 is 0 Å². The molecule has 128 valence electrons. The molecule has 0 radical (unpaired) electrons. The summed E-state index contributed by atoms with van der Waals surface area (Å²) in [6.07, 6.45) is -0.710. The highest BCUT2D eigenvalue weighted by Gasteiger charge is 2.23. The Bertz CT molecular complexity index is 518. The number of rotatable bonds is 7. The third-order valence-electron chi connectivity index (χ3n) is 4.34. The summed E-state index contributed by atoms with van der Waals surface area (Å²) in [4.78, 5) is 14.9. The average Bonchev–Trinajstić information content (AvgIpc) is 2.55. The van der Waals surface area contributed by atoms with E-state index in [4.69, 9.17) is 4.74 Å². The third kappa shape index (κ3) is 4.97. The first-order valence-electron chi connectivity index (χ1n) is 7.89. The van der Waals surface area contributed by atoms with Crippen molar-refractivity contribution >= 4 is 5.69 Å². The summed E-state index contributed by atoms with van der Waals surface area (Å²) < 4.78 is 5.19. The first kappa shape index (κ1) is 17.8. The fourth-order valence-electron chi connectivity index (χ4n) is 2.93. The number of β-amino-alcohol motifs (C(OH)–C–C–N with tert-alkyl or cyclic N) is 1. The number of hydrogen-bond acceptors (Lipinski definition) is 6. The van der Waals surface area contributed by atoms with Gasteiger partial charge in [0.15, 0.2) is 0 Å². The largest absolute Gasteiger partial charge is 0.387 e. The molecule has 2 atom stereocenters. The fraction of sp³-hybridized carbons (Fsp3) is 0.625. The maximum Gasteiger partial charge on any atom is 0.269 e. The predicted octanol–water partition coefficient (Wildman–Crippen LogP) is 1.28. The number of methoxy groups -OCH3 is 1. The average molecular weight is 323 g/mol. The molecule has 7 nitrogen and oxygen atoms in total. The molecule has 2 rings (SSSR count). The molecule has 1 heterocycles. The van der Waals surface area contributed by atoms with Crippen molar-refractivity contribution in [3.63, 3.8) is 0 Å². The summed E-state index contributed by atoms with van der Waals surface area (Å²) in [5.74, 6) is 0. The van der Waals surface area contributed by atoms with Gasteiger partial charge in [0.2, 0.25) is 0 Å². The van der Waals surface area contributed by atoms with Crippen LogP contribution in [-0.2, 0) is 4.74 Å². The number of nitro groups is 1. The summed E-state index contributed by atoms with van der Waals surface area (Å²) >= 11 is 0. The Hall–Kier alpha value is -1.54. The molecule has 1 N–H and O–H groups in total. The molecule has 2 unspecified atom stereocenters. The lowest BCUT2D eigenvalue weighted by atomic mass is 10.1. The summed E-state index contributed by atoms with van der Waals surface area (Å²) in [5.41, 5.74) is 0.606. The minimum Gasteiger partial charge on any atom is -0.387 e. The van der Waals surface area contributed by atoms with Crippen LogP contribution in [0.25, 0.3) is 0 Å². The van der Waals surface area contributed by atoms with E-state index >= 15 is 0 Å². The predicted molar refractivity (Wildman–Crippen MR) is 87.4 cm³/mol. The van der Waals surface area contributed by atoms with Crippen molar-refractivity contribution in [2.45, 2.75) is 19.1 Å². The van der Waals surface area contributed by atoms with Crippen molar-refractivity contribution < 1.29 is 14.8 Å². The van der Waals surface area contributed by atoms with E-state index in [1.165, 1.54) is 12.1 Å². The number of hydrogen-bond donors (Lipinski definition) is 1. The minimum absolute atomic E-state index is 0.0137. The summed E-state index contributed by atoms with van der Waals surface area (Å²) in [7, 11) is 1.71. The Morgan fingerprint density at radius 1 is 1.35 bits per heavy atom. The van der Waals surface area contributed by atoms with Crippen LogP contribution in [0.5, 0.6) is 0 Å². The molecule has 1 aromatic carbocycles. The van der Waals surface area contributed by atoms with E-state index in [-0.39, 0.29) is 5.69 Å². The third-order valence-corrected chi connectivity index (χ3v) is 4.34. The lowest BCUT2D eigenvalue weighted by Crippen LogP contribution is -2.51. The van der Waals surface area contributed by atoms with Gasteiger partial charge in [-0.25, -0.2) is 0 Å². The molecule has 0 aliphatic carbocycles. The molecule has 1 saturated heterocycles. The van der Waals surface area contributed by atoms with Gasteiger partial charge in [0, 0.05) is 58.0 Å². The highest BCUT2D eigenvalue weighted by molar-refractivity contribution is 5.35. The topological polar surface area (TPSA) is 79.1 Å². The molecule has 1 fully saturated rings. The first-order chi connectivity index (χ1) is 11.0. The number of aliphatic hydroxyl groups excluding tert-OH is 1. The second-order valence-corrected chi connectivity index (χ2v) is 6.01. The molecule has 1 aromatic rings. The Morgan fingerprint density at radius 3 is 2.65 bits per heavy atom. The number of ether oxygens (including phenoxy) is 1. The highest BCUT2D eigenvalue weighted by Crippen LogP contribution is 2.20. The van der Waals surface area contributed by atoms with Crippen molar-refractivity contribution in [2.75, 3.05) is 46.4 Å². The number of nitrogens with zero attached hydrogens (tertiary/aromatic N) is 3. The summed E-state index contributed by atoms with van der Waals surface area (Å²) in [6.45, 7) is 6.99. The van der Waals surface area contributed by atoms with Crippen molar-refractivity contribution in [3.8, 4) is 0 Å². The quantitative estimate of drug-likeness (QED) is 0.601. The van der Waals surface area contributed by atoms with Crippen LogP contribution in [0.3, 0.4) is 0 Å². The lowest BCUT2D eigenvalue weighted by molar-refractivity contribution is -0.385. The monoisotopic (exact) mass is 323 g/mol. The number of benzene rings is 1. The van der Waals surface area contributed by atoms with Crippen molar-refractivity contribution in [2.24, 2.45) is 0 Å². The Morgan fingerprint density at radius 2 is 2.04 bits per heavy atom. The van der Waals surface area contributed by atoms with Crippen LogP contribution in [-0.4, -0.2) is 72.3 Å². The van der Waals surface area contributed by atoms with Crippen LogP contribution in [0.1, 0.15) is 18.6 Å². The van der Waals surface area contributed by atoms with Gasteiger partial charge in [-0.2, -0.15) is 0 Å². The molecule has 0 amide bonds. The summed E-state index contributed by atoms with van der Waals surface area (Å²) in [5, 5.41) is 21.2. The Kier molecular flexibility index (Phi) is 6.47. The van der Waals surface area contributed by atoms with Crippen LogP contribution in [0, 0.1) is 10.1 Å². The number of non-ortho nitro benzene ring substituents is 1. The molecule has 7 heteroatoms. The second kappa shape index (κ2) is 8.35. The van der Waals surface area contributed by atoms with Gasteiger partial charge in [0.1, 0.15) is 0 Å². The molecular weight excluding hydrogens is 298 g/mol. The smallest absolute Gasteiger partial charge is 0.269 e. The summed E-state index contributed by atoms with van der Waals surface area (Å²) in [6, 6.07) is 6.62. The fourth-order valence-corrected chi connectivity index (χ4v) is 2.93. The normalized spacial score (nSPS) is 19.4. The van der Waals surface area contributed by atoms with E-state index in [1.807, 2.05) is 0 Å². The Balaban J connectivity index is 1.86. The zero-order chi connectivity index (χ0) is 16.8. The SMILES string of the molecule is COCC(C)N1CCN(CC(O)c2cccc([N+](=O)[O-])c2)CC1. The molecule has 0 saturated carbocycles. The molecule has 1 aliphatic rings. The van der Waals surface area contributed by atoms with Gasteiger partial charge in [0.25, 0.3) is 5.69 Å². The van der Waals surface area contributed by atoms with Crippen molar-refractivity contribution in [1.29, 1.82) is 0 Å². The van der Waals surface area contributed by atoms with E-state index in [2.05, 4.69) is 16.7 Å². The standard InChI is InChI=1S/C16H25N3O4/c1-13(12-23-2)18-8-6-17(7-9-18)11-16(20)14-4-3-5-15(10-14)19(21)22/h3-5,10,13,16,20H,6-9,11-12H2,1-2H3. The number of nitro benzene ring substituents is 1. The van der Waals surface area contributed by atoms with Crippen LogP contribution in [0.15, 0.2) is 24.3 Å². The van der Waals surface area contributed by atoms with Crippen molar-refractivity contribution in [1.82, 2.24) is 9.80 Å². The van der Waals surface area contributed by atoms with Gasteiger partial charge in [-0.05, 0) is 12.5 Å². The molecule has 23 heavy (non-hydrogen) atoms. The van der Waals surface area contributed by atoms with E-state index in [1.54, 1.807) is 19.2 Å². The van der Waals surface area contributed by atoms with Gasteiger partial charge < -0.3 is 9.84 Å². The molecule has 1 aliphatic heterocycles. The van der Waals surface area contributed by atoms with Gasteiger partial charge >= 0.3 is 0 Å². The van der Waals surface area contributed by atoms with Gasteiger partial charge in [0.05, 0.1) is 17.6 Å². The zero-order valence-electron chi connectivity index (χ0n) is 13.7. The molecule has 0 bridgehead atoms. The van der Waals surface area contributed by atoms with E-state index in [0.717, 1.165) is 32.8 Å². The van der Waals surface area contributed by atoms with Crippen LogP contribution in [0.4, 0.5) is 5.69 Å². The van der Waals surface area contributed by atoms with E-state index < -0.39 is 11.0 Å². The van der Waals surface area contributed by atoms with Gasteiger partial charge in [-0.15, -0.1) is 0 Å². The number of piperazine rings is 1. The molecule has 0 aromatic heterocycles. The highest BCUT2D eigenvalue weighted by atomic mass is 16.6. The van der Waals surface area contributed by atoms with E-state index in [0.29, 0.717) is 18.2 Å². The zero-order valence-corrected chi connectivity index (χ0v) is 13.7. The maximum absolute atomic E-state index is 10.8. The maximum atomic E-state index is 10.8.